The number of carboxylic acid groups (broad SMARTS) is 1. The van der Waals surface area contributed by atoms with E-state index in [0.717, 1.165) is 39.6 Å². The van der Waals surface area contributed by atoms with Crippen LogP contribution in [0.25, 0.3) is 21.6 Å². The highest BCUT2D eigenvalue weighted by Crippen LogP contribution is 2.44. The molecule has 0 radical (unpaired) electrons. The Bertz CT molecular complexity index is 1130. The molecule has 0 aliphatic carbocycles. The fourth-order valence-electron chi connectivity index (χ4n) is 4.14. The van der Waals surface area contributed by atoms with Gasteiger partial charge in [-0.2, -0.15) is 0 Å². The zero-order chi connectivity index (χ0) is 23.0. The van der Waals surface area contributed by atoms with E-state index in [0.29, 0.717) is 19.0 Å². The largest absolute Gasteiger partial charge is 0.508 e. The Morgan fingerprint density at radius 2 is 1.94 bits per heavy atom. The average molecular weight is 457 g/mol. The summed E-state index contributed by atoms with van der Waals surface area (Å²) >= 11 is 1.54. The van der Waals surface area contributed by atoms with Crippen molar-refractivity contribution in [2.24, 2.45) is 5.41 Å². The molecule has 1 aliphatic rings. The highest BCUT2D eigenvalue weighted by Gasteiger charge is 2.35. The Balaban J connectivity index is 1.90. The van der Waals surface area contributed by atoms with Gasteiger partial charge in [0.05, 0.1) is 29.5 Å². The number of morpholine rings is 1. The normalized spacial score (nSPS) is 15.7. The van der Waals surface area contributed by atoms with E-state index in [1.807, 2.05) is 32.9 Å². The van der Waals surface area contributed by atoms with Crippen molar-refractivity contribution in [1.82, 2.24) is 14.9 Å². The summed E-state index contributed by atoms with van der Waals surface area (Å²) in [5.41, 5.74) is 1.19. The summed E-state index contributed by atoms with van der Waals surface area (Å²) in [5.74, 6) is 1.50. The summed E-state index contributed by atoms with van der Waals surface area (Å²) in [4.78, 5) is 26.0. The van der Waals surface area contributed by atoms with Crippen LogP contribution in [0, 0.1) is 5.41 Å². The van der Waals surface area contributed by atoms with Crippen LogP contribution in [-0.2, 0) is 4.74 Å². The first kappa shape index (κ1) is 22.3. The predicted molar refractivity (Wildman–Crippen MR) is 126 cm³/mol. The Hall–Kier alpha value is -2.91. The second-order valence-electron chi connectivity index (χ2n) is 9.05. The van der Waals surface area contributed by atoms with Crippen LogP contribution < -0.4 is 4.90 Å². The third-order valence-corrected chi connectivity index (χ3v) is 6.74. The number of carbonyl (C=O) groups is 1. The second kappa shape index (κ2) is 8.55. The molecule has 0 saturated carbocycles. The molecule has 170 valence electrons. The number of benzene rings is 1. The maximum Gasteiger partial charge on any atom is 0.407 e. The van der Waals surface area contributed by atoms with Crippen molar-refractivity contribution < 1.29 is 19.7 Å². The minimum atomic E-state index is -0.970. The Morgan fingerprint density at radius 1 is 1.22 bits per heavy atom. The molecule has 3 aromatic rings. The lowest BCUT2D eigenvalue weighted by atomic mass is 9.85. The van der Waals surface area contributed by atoms with Crippen molar-refractivity contribution >= 4 is 33.5 Å². The average Bonchev–Trinajstić information content (AvgIpc) is 3.15. The molecular formula is C23H28N4O4S. The number of ether oxygens (including phenoxy) is 1. The summed E-state index contributed by atoms with van der Waals surface area (Å²) in [7, 11) is 1.61. The molecule has 1 aliphatic heterocycles. The summed E-state index contributed by atoms with van der Waals surface area (Å²) in [6, 6.07) is 8.54. The predicted octanol–water partition coefficient (Wildman–Crippen LogP) is 4.60. The zero-order valence-corrected chi connectivity index (χ0v) is 19.5. The van der Waals surface area contributed by atoms with E-state index in [1.54, 1.807) is 36.6 Å². The van der Waals surface area contributed by atoms with E-state index in [1.165, 1.54) is 4.90 Å². The molecule has 2 aromatic heterocycles. The number of anilines is 1. The summed E-state index contributed by atoms with van der Waals surface area (Å²) < 4.78 is 6.45. The van der Waals surface area contributed by atoms with Crippen LogP contribution in [0.3, 0.4) is 0 Å². The maximum atomic E-state index is 11.8. The highest BCUT2D eigenvalue weighted by atomic mass is 32.1. The van der Waals surface area contributed by atoms with Crippen LogP contribution >= 0.6 is 11.3 Å². The Labute approximate surface area is 191 Å². The molecule has 0 spiro atoms. The van der Waals surface area contributed by atoms with Crippen molar-refractivity contribution in [2.45, 2.75) is 26.8 Å². The van der Waals surface area contributed by atoms with Gasteiger partial charge in [0.15, 0.2) is 11.6 Å². The molecule has 4 rings (SSSR count). The number of nitrogens with zero attached hydrogens (tertiary/aromatic N) is 4. The van der Waals surface area contributed by atoms with Crippen molar-refractivity contribution in [3.8, 4) is 17.1 Å². The minimum Gasteiger partial charge on any atom is -0.508 e. The first-order chi connectivity index (χ1) is 15.1. The maximum absolute atomic E-state index is 11.8. The van der Waals surface area contributed by atoms with Gasteiger partial charge in [0.25, 0.3) is 0 Å². The van der Waals surface area contributed by atoms with Crippen molar-refractivity contribution in [3.05, 3.63) is 35.2 Å². The van der Waals surface area contributed by atoms with Crippen LogP contribution in [0.1, 0.15) is 31.7 Å². The number of hydrogen-bond donors (Lipinski definition) is 2. The standard InChI is InChI=1S/C23H28N4O4S/c1-23(2,3)19(26(4)22(29)30)17-13-16-18(32-17)21(27-8-10-31-11-9-27)25-20(24-16)14-6-5-7-15(28)12-14/h5-7,12-13,19,28H,8-11H2,1-4H3,(H,29,30). The molecule has 0 bridgehead atoms. The third kappa shape index (κ3) is 4.35. The molecule has 1 fully saturated rings. The Kier molecular flexibility index (Phi) is 5.96. The number of thiophene rings is 1. The van der Waals surface area contributed by atoms with Gasteiger partial charge in [-0.3, -0.25) is 0 Å². The van der Waals surface area contributed by atoms with E-state index in [4.69, 9.17) is 14.7 Å². The van der Waals surface area contributed by atoms with E-state index in [9.17, 15) is 15.0 Å². The van der Waals surface area contributed by atoms with Gasteiger partial charge in [0.1, 0.15) is 5.75 Å². The van der Waals surface area contributed by atoms with Crippen molar-refractivity contribution in [1.29, 1.82) is 0 Å². The SMILES string of the molecule is CN(C(=O)O)C(c1cc2nc(-c3cccc(O)c3)nc(N3CCOCC3)c2s1)C(C)(C)C. The summed E-state index contributed by atoms with van der Waals surface area (Å²) in [6.07, 6.45) is -0.970. The molecule has 9 heteroatoms. The monoisotopic (exact) mass is 456 g/mol. The first-order valence-corrected chi connectivity index (χ1v) is 11.4. The van der Waals surface area contributed by atoms with Crippen LogP contribution in [0.2, 0.25) is 0 Å². The molecule has 1 saturated heterocycles. The molecule has 3 heterocycles. The number of fused-ring (bicyclic) bond motifs is 1. The topological polar surface area (TPSA) is 99.0 Å². The van der Waals surface area contributed by atoms with Crippen LogP contribution in [0.15, 0.2) is 30.3 Å². The molecule has 32 heavy (non-hydrogen) atoms. The van der Waals surface area contributed by atoms with Gasteiger partial charge < -0.3 is 24.7 Å². The molecule has 1 atom stereocenters. The number of phenolic OH excluding ortho intramolecular Hbond substituents is 1. The third-order valence-electron chi connectivity index (χ3n) is 5.57. The van der Waals surface area contributed by atoms with Gasteiger partial charge in [-0.15, -0.1) is 11.3 Å². The molecular weight excluding hydrogens is 428 g/mol. The smallest absolute Gasteiger partial charge is 0.407 e. The molecule has 8 nitrogen and oxygen atoms in total. The fourth-order valence-corrected chi connectivity index (χ4v) is 5.65. The number of amides is 1. The molecule has 2 N–H and O–H groups in total. The van der Waals surface area contributed by atoms with Crippen LogP contribution in [0.4, 0.5) is 10.6 Å². The van der Waals surface area contributed by atoms with Gasteiger partial charge in [-0.05, 0) is 23.6 Å². The van der Waals surface area contributed by atoms with Gasteiger partial charge in [-0.25, -0.2) is 14.8 Å². The van der Waals surface area contributed by atoms with Gasteiger partial charge in [0.2, 0.25) is 0 Å². The molecule has 1 unspecified atom stereocenters. The number of aromatic nitrogens is 2. The number of phenols is 1. The second-order valence-corrected chi connectivity index (χ2v) is 10.1. The van der Waals surface area contributed by atoms with Crippen molar-refractivity contribution in [3.63, 3.8) is 0 Å². The minimum absolute atomic E-state index is 0.154. The lowest BCUT2D eigenvalue weighted by Crippen LogP contribution is -2.37. The van der Waals surface area contributed by atoms with Gasteiger partial charge in [-0.1, -0.05) is 32.9 Å². The Morgan fingerprint density at radius 3 is 2.56 bits per heavy atom. The molecule has 1 aromatic carbocycles. The number of rotatable bonds is 4. The lowest BCUT2D eigenvalue weighted by molar-refractivity contribution is 0.100. The molecule has 1 amide bonds. The summed E-state index contributed by atoms with van der Waals surface area (Å²) in [6.45, 7) is 8.79. The van der Waals surface area contributed by atoms with E-state index in [-0.39, 0.29) is 17.2 Å². The zero-order valence-electron chi connectivity index (χ0n) is 18.7. The van der Waals surface area contributed by atoms with E-state index < -0.39 is 6.09 Å². The fraction of sp³-hybridized carbons (Fsp3) is 0.435. The lowest BCUT2D eigenvalue weighted by Gasteiger charge is -2.35. The van der Waals surface area contributed by atoms with Gasteiger partial charge >= 0.3 is 6.09 Å². The van der Waals surface area contributed by atoms with E-state index in [2.05, 4.69) is 4.90 Å². The highest BCUT2D eigenvalue weighted by molar-refractivity contribution is 7.19. The van der Waals surface area contributed by atoms with Crippen LogP contribution in [0.5, 0.6) is 5.75 Å². The van der Waals surface area contributed by atoms with Crippen molar-refractivity contribution in [2.75, 3.05) is 38.3 Å². The van der Waals surface area contributed by atoms with Crippen LogP contribution in [-0.4, -0.2) is 64.5 Å². The van der Waals surface area contributed by atoms with E-state index >= 15 is 0 Å². The number of aromatic hydroxyl groups is 1. The van der Waals surface area contributed by atoms with Gasteiger partial charge in [0, 0.05) is 30.6 Å². The summed E-state index contributed by atoms with van der Waals surface area (Å²) in [5, 5.41) is 19.6. The first-order valence-electron chi connectivity index (χ1n) is 10.5. The quantitative estimate of drug-likeness (QED) is 0.592. The number of hydrogen-bond acceptors (Lipinski definition) is 7.